The second kappa shape index (κ2) is 11.7. The van der Waals surface area contributed by atoms with Crippen LogP contribution in [0.1, 0.15) is 43.1 Å². The van der Waals surface area contributed by atoms with E-state index >= 15 is 0 Å². The van der Waals surface area contributed by atoms with Crippen LogP contribution in [0.2, 0.25) is 10.0 Å². The molecule has 0 radical (unpaired) electrons. The van der Waals surface area contributed by atoms with Crippen molar-refractivity contribution in [2.24, 2.45) is 0 Å². The van der Waals surface area contributed by atoms with Crippen molar-refractivity contribution >= 4 is 40.2 Å². The third-order valence-electron chi connectivity index (χ3n) is 6.68. The van der Waals surface area contributed by atoms with Crippen LogP contribution in [0.4, 0.5) is 4.79 Å². The number of halogens is 2. The zero-order valence-electron chi connectivity index (χ0n) is 21.5. The Kier molecular flexibility index (Phi) is 8.12. The fourth-order valence-electron chi connectivity index (χ4n) is 4.87. The van der Waals surface area contributed by atoms with Gasteiger partial charge in [0.15, 0.2) is 0 Å². The number of hydrogen-bond acceptors (Lipinski definition) is 4. The van der Waals surface area contributed by atoms with Gasteiger partial charge in [0, 0.05) is 39.2 Å². The summed E-state index contributed by atoms with van der Waals surface area (Å²) in [6, 6.07) is 20.7. The molecule has 4 aromatic rings. The van der Waals surface area contributed by atoms with Crippen LogP contribution in [0.3, 0.4) is 0 Å². The number of ether oxygens (including phenoxy) is 2. The molecule has 5 rings (SSSR count). The molecule has 1 aromatic heterocycles. The molecule has 6 nitrogen and oxygen atoms in total. The Balaban J connectivity index is 1.41. The van der Waals surface area contributed by atoms with Crippen LogP contribution in [0.15, 0.2) is 66.7 Å². The van der Waals surface area contributed by atoms with E-state index in [0.717, 1.165) is 40.9 Å². The highest BCUT2D eigenvalue weighted by Gasteiger charge is 2.35. The number of aromatic nitrogens is 1. The van der Waals surface area contributed by atoms with Gasteiger partial charge in [-0.3, -0.25) is 4.90 Å². The van der Waals surface area contributed by atoms with Crippen molar-refractivity contribution < 1.29 is 14.3 Å². The summed E-state index contributed by atoms with van der Waals surface area (Å²) in [5.74, 6) is 1.25. The van der Waals surface area contributed by atoms with Gasteiger partial charge in [0.2, 0.25) is 0 Å². The van der Waals surface area contributed by atoms with E-state index in [1.54, 1.807) is 29.2 Å². The maximum atomic E-state index is 13.4. The van der Waals surface area contributed by atoms with E-state index < -0.39 is 6.09 Å². The summed E-state index contributed by atoms with van der Waals surface area (Å²) in [7, 11) is 0. The first-order chi connectivity index (χ1) is 18.4. The quantitative estimate of drug-likeness (QED) is 0.224. The highest BCUT2D eigenvalue weighted by Crippen LogP contribution is 2.40. The molecular formula is C30H31Cl2N3O3. The average Bonchev–Trinajstić information content (AvgIpc) is 3.27. The normalized spacial score (nSPS) is 15.1. The number of aromatic amines is 1. The van der Waals surface area contributed by atoms with Crippen LogP contribution in [0, 0.1) is 0 Å². The summed E-state index contributed by atoms with van der Waals surface area (Å²) in [4.78, 5) is 18.8. The zero-order chi connectivity index (χ0) is 26.6. The number of fused-ring (bicyclic) bond motifs is 3. The molecule has 1 aliphatic rings. The molecule has 2 heterocycles. The zero-order valence-corrected chi connectivity index (χ0v) is 23.0. The van der Waals surface area contributed by atoms with Crippen molar-refractivity contribution in [1.29, 1.82) is 0 Å². The summed E-state index contributed by atoms with van der Waals surface area (Å²) < 4.78 is 11.7. The van der Waals surface area contributed by atoms with Crippen molar-refractivity contribution in [2.45, 2.75) is 38.8 Å². The van der Waals surface area contributed by atoms with Crippen LogP contribution in [-0.2, 0) is 6.42 Å². The third-order valence-corrected chi connectivity index (χ3v) is 7.17. The molecule has 0 spiro atoms. The molecule has 38 heavy (non-hydrogen) atoms. The number of carbonyl (C=O) groups is 1. The molecule has 0 saturated carbocycles. The molecule has 1 atom stereocenters. The predicted molar refractivity (Wildman–Crippen MR) is 153 cm³/mol. The molecule has 3 aromatic carbocycles. The van der Waals surface area contributed by atoms with Crippen LogP contribution >= 0.6 is 23.2 Å². The van der Waals surface area contributed by atoms with Crippen LogP contribution in [0.5, 0.6) is 11.5 Å². The lowest BCUT2D eigenvalue weighted by atomic mass is 9.92. The van der Waals surface area contributed by atoms with Crippen molar-refractivity contribution in [1.82, 2.24) is 15.2 Å². The first kappa shape index (κ1) is 26.4. The molecule has 1 amide bonds. The van der Waals surface area contributed by atoms with E-state index in [1.165, 1.54) is 5.56 Å². The molecule has 0 fully saturated rings. The minimum Gasteiger partial charge on any atom is -0.494 e. The molecular weight excluding hydrogens is 521 g/mol. The molecule has 1 unspecified atom stereocenters. The van der Waals surface area contributed by atoms with Gasteiger partial charge in [0.05, 0.1) is 6.61 Å². The minimum atomic E-state index is -0.419. The van der Waals surface area contributed by atoms with Gasteiger partial charge in [-0.25, -0.2) is 4.79 Å². The first-order valence-corrected chi connectivity index (χ1v) is 13.6. The molecule has 0 bridgehead atoms. The molecule has 2 N–H and O–H groups in total. The van der Waals surface area contributed by atoms with Gasteiger partial charge >= 0.3 is 6.09 Å². The Morgan fingerprint density at radius 1 is 1.03 bits per heavy atom. The Bertz CT molecular complexity index is 1400. The summed E-state index contributed by atoms with van der Waals surface area (Å²) >= 11 is 12.3. The lowest BCUT2D eigenvalue weighted by Gasteiger charge is -2.35. The van der Waals surface area contributed by atoms with Gasteiger partial charge in [-0.2, -0.15) is 0 Å². The van der Waals surface area contributed by atoms with E-state index in [2.05, 4.69) is 24.1 Å². The van der Waals surface area contributed by atoms with Gasteiger partial charge < -0.3 is 19.8 Å². The Morgan fingerprint density at radius 2 is 1.74 bits per heavy atom. The molecule has 0 aliphatic carbocycles. The number of carbonyl (C=O) groups excluding carboxylic acids is 1. The van der Waals surface area contributed by atoms with Gasteiger partial charge in [0.1, 0.15) is 17.5 Å². The maximum absolute atomic E-state index is 13.4. The summed E-state index contributed by atoms with van der Waals surface area (Å²) in [6.07, 6.45) is 1.19. The second-order valence-corrected chi connectivity index (χ2v) is 10.6. The Hall–Kier alpha value is -3.19. The summed E-state index contributed by atoms with van der Waals surface area (Å²) in [6.45, 7) is 6.31. The maximum Gasteiger partial charge on any atom is 0.416 e. The highest BCUT2D eigenvalue weighted by atomic mass is 35.5. The van der Waals surface area contributed by atoms with Crippen molar-refractivity contribution in [3.05, 3.63) is 93.6 Å². The van der Waals surface area contributed by atoms with Crippen molar-refractivity contribution in [3.8, 4) is 11.5 Å². The van der Waals surface area contributed by atoms with Crippen LogP contribution in [0.25, 0.3) is 10.9 Å². The van der Waals surface area contributed by atoms with E-state index in [0.29, 0.717) is 41.4 Å². The fourth-order valence-corrected chi connectivity index (χ4v) is 5.16. The summed E-state index contributed by atoms with van der Waals surface area (Å²) in [5, 5.41) is 5.75. The van der Waals surface area contributed by atoms with Crippen molar-refractivity contribution in [3.63, 3.8) is 0 Å². The number of hydrogen-bond donors (Lipinski definition) is 2. The molecule has 1 aliphatic heterocycles. The van der Waals surface area contributed by atoms with Gasteiger partial charge in [0.25, 0.3) is 0 Å². The average molecular weight is 553 g/mol. The van der Waals surface area contributed by atoms with Gasteiger partial charge in [-0.05, 0) is 85.1 Å². The number of benzene rings is 3. The number of amides is 1. The third kappa shape index (κ3) is 5.93. The lowest BCUT2D eigenvalue weighted by Crippen LogP contribution is -2.42. The van der Waals surface area contributed by atoms with Crippen molar-refractivity contribution in [2.75, 3.05) is 19.7 Å². The molecule has 198 valence electrons. The van der Waals surface area contributed by atoms with E-state index in [1.807, 2.05) is 42.5 Å². The van der Waals surface area contributed by atoms with Crippen LogP contribution < -0.4 is 14.8 Å². The number of rotatable bonds is 8. The number of nitrogens with one attached hydrogen (secondary N) is 2. The monoisotopic (exact) mass is 551 g/mol. The summed E-state index contributed by atoms with van der Waals surface area (Å²) in [5.41, 5.74) is 4.09. The van der Waals surface area contributed by atoms with E-state index in [-0.39, 0.29) is 6.04 Å². The standard InChI is InChI=1S/C30H31Cl2N3O3/c1-19(2)33-15-3-17-37-23-9-4-20(5-10-23)29-28-25(26-18-22(32)8-13-27(26)34-28)14-16-35(29)30(36)38-24-11-6-21(31)7-12-24/h4-13,18-19,29,33-34H,3,14-17H2,1-2H3. The minimum absolute atomic E-state index is 0.353. The first-order valence-electron chi connectivity index (χ1n) is 12.9. The lowest BCUT2D eigenvalue weighted by molar-refractivity contribution is 0.135. The van der Waals surface area contributed by atoms with Gasteiger partial charge in [-0.15, -0.1) is 0 Å². The highest BCUT2D eigenvalue weighted by molar-refractivity contribution is 6.31. The largest absolute Gasteiger partial charge is 0.494 e. The van der Waals surface area contributed by atoms with Crippen LogP contribution in [-0.4, -0.2) is 41.7 Å². The fraction of sp³-hybridized carbons (Fsp3) is 0.300. The Labute approximate surface area is 232 Å². The van der Waals surface area contributed by atoms with Gasteiger partial charge in [-0.1, -0.05) is 49.2 Å². The Morgan fingerprint density at radius 3 is 2.47 bits per heavy atom. The molecule has 0 saturated heterocycles. The number of H-pyrrole nitrogens is 1. The second-order valence-electron chi connectivity index (χ2n) is 9.75. The smallest absolute Gasteiger partial charge is 0.416 e. The number of nitrogens with zero attached hydrogens (tertiary/aromatic N) is 1. The SMILES string of the molecule is CC(C)NCCCOc1ccc(C2c3[nH]c4ccc(Cl)cc4c3CCN2C(=O)Oc2ccc(Cl)cc2)cc1. The topological polar surface area (TPSA) is 66.6 Å². The van der Waals surface area contributed by atoms with E-state index in [9.17, 15) is 4.79 Å². The predicted octanol–water partition coefficient (Wildman–Crippen LogP) is 7.39. The van der Waals surface area contributed by atoms with E-state index in [4.69, 9.17) is 32.7 Å². The molecule has 8 heteroatoms.